The molecule has 21 heavy (non-hydrogen) atoms. The number of piperidine rings is 1. The predicted octanol–water partition coefficient (Wildman–Crippen LogP) is 1.62. The van der Waals surface area contributed by atoms with Crippen LogP contribution in [0.1, 0.15) is 23.2 Å². The topological polar surface area (TPSA) is 59.6 Å². The van der Waals surface area contributed by atoms with Crippen LogP contribution in [0.5, 0.6) is 5.75 Å². The van der Waals surface area contributed by atoms with Crippen molar-refractivity contribution in [3.8, 4) is 5.75 Å². The Kier molecular flexibility index (Phi) is 8.12. The monoisotopic (exact) mass is 314 g/mol. The maximum atomic E-state index is 12.1. The first-order valence-electron chi connectivity index (χ1n) is 7.03. The molecule has 0 aliphatic carbocycles. The molecule has 0 saturated carbocycles. The molecule has 118 valence electrons. The van der Waals surface area contributed by atoms with Crippen molar-refractivity contribution < 1.29 is 14.3 Å². The van der Waals surface area contributed by atoms with E-state index in [0.717, 1.165) is 31.7 Å². The number of hydrogen-bond acceptors (Lipinski definition) is 4. The average molecular weight is 315 g/mol. The van der Waals surface area contributed by atoms with E-state index in [0.29, 0.717) is 18.8 Å². The van der Waals surface area contributed by atoms with Crippen LogP contribution < -0.4 is 15.4 Å². The van der Waals surface area contributed by atoms with Gasteiger partial charge >= 0.3 is 0 Å². The molecular formula is C15H23ClN2O3. The molecule has 1 amide bonds. The molecule has 0 radical (unpaired) electrons. The largest absolute Gasteiger partial charge is 0.491 e. The Labute approximate surface area is 131 Å². The molecule has 0 atom stereocenters. The van der Waals surface area contributed by atoms with Crippen LogP contribution in [-0.2, 0) is 4.74 Å². The van der Waals surface area contributed by atoms with Crippen LogP contribution in [0.25, 0.3) is 0 Å². The summed E-state index contributed by atoms with van der Waals surface area (Å²) in [6, 6.07) is 7.48. The number of benzene rings is 1. The number of rotatable bonds is 6. The van der Waals surface area contributed by atoms with Gasteiger partial charge in [-0.1, -0.05) is 0 Å². The number of ether oxygens (including phenoxy) is 2. The Hall–Kier alpha value is -1.30. The van der Waals surface area contributed by atoms with Crippen LogP contribution in [0.15, 0.2) is 24.3 Å². The summed E-state index contributed by atoms with van der Waals surface area (Å²) in [6.07, 6.45) is 1.98. The summed E-state index contributed by atoms with van der Waals surface area (Å²) >= 11 is 0. The molecular weight excluding hydrogens is 292 g/mol. The van der Waals surface area contributed by atoms with Crippen molar-refractivity contribution in [2.75, 3.05) is 33.4 Å². The van der Waals surface area contributed by atoms with Crippen molar-refractivity contribution in [1.29, 1.82) is 0 Å². The summed E-state index contributed by atoms with van der Waals surface area (Å²) in [5, 5.41) is 6.35. The van der Waals surface area contributed by atoms with Gasteiger partial charge in [0.25, 0.3) is 5.91 Å². The van der Waals surface area contributed by atoms with Crippen molar-refractivity contribution in [2.45, 2.75) is 18.9 Å². The van der Waals surface area contributed by atoms with Gasteiger partial charge in [-0.05, 0) is 50.2 Å². The third-order valence-electron chi connectivity index (χ3n) is 3.35. The van der Waals surface area contributed by atoms with Gasteiger partial charge in [-0.2, -0.15) is 0 Å². The fraction of sp³-hybridized carbons (Fsp3) is 0.533. The molecule has 1 aromatic carbocycles. The van der Waals surface area contributed by atoms with Gasteiger partial charge in [-0.15, -0.1) is 12.4 Å². The number of halogens is 1. The highest BCUT2D eigenvalue weighted by Gasteiger charge is 2.16. The van der Waals surface area contributed by atoms with E-state index < -0.39 is 0 Å². The van der Waals surface area contributed by atoms with Crippen LogP contribution in [0, 0.1) is 0 Å². The molecule has 2 rings (SSSR count). The van der Waals surface area contributed by atoms with E-state index in [1.54, 1.807) is 19.2 Å². The highest BCUT2D eigenvalue weighted by Crippen LogP contribution is 2.13. The maximum Gasteiger partial charge on any atom is 0.251 e. The van der Waals surface area contributed by atoms with E-state index in [1.807, 2.05) is 12.1 Å². The minimum Gasteiger partial charge on any atom is -0.491 e. The predicted molar refractivity (Wildman–Crippen MR) is 84.4 cm³/mol. The van der Waals surface area contributed by atoms with Gasteiger partial charge < -0.3 is 20.1 Å². The second-order valence-electron chi connectivity index (χ2n) is 4.86. The van der Waals surface area contributed by atoms with Gasteiger partial charge in [0.15, 0.2) is 0 Å². The second kappa shape index (κ2) is 9.60. The number of carbonyl (C=O) groups excluding carboxylic acids is 1. The molecule has 1 heterocycles. The fourth-order valence-corrected chi connectivity index (χ4v) is 2.18. The lowest BCUT2D eigenvalue weighted by Crippen LogP contribution is -2.42. The number of amides is 1. The first-order chi connectivity index (χ1) is 9.79. The molecule has 1 aliphatic heterocycles. The highest BCUT2D eigenvalue weighted by molar-refractivity contribution is 5.94. The maximum absolute atomic E-state index is 12.1. The first-order valence-corrected chi connectivity index (χ1v) is 7.03. The Bertz CT molecular complexity index is 419. The molecule has 6 heteroatoms. The van der Waals surface area contributed by atoms with Crippen molar-refractivity contribution in [3.63, 3.8) is 0 Å². The van der Waals surface area contributed by atoms with Crippen molar-refractivity contribution in [1.82, 2.24) is 10.6 Å². The number of carbonyl (C=O) groups is 1. The Morgan fingerprint density at radius 2 is 1.90 bits per heavy atom. The van der Waals surface area contributed by atoms with Gasteiger partial charge in [0, 0.05) is 18.7 Å². The first kappa shape index (κ1) is 17.8. The molecule has 2 N–H and O–H groups in total. The van der Waals surface area contributed by atoms with E-state index in [1.165, 1.54) is 0 Å². The summed E-state index contributed by atoms with van der Waals surface area (Å²) in [5.41, 5.74) is 0.669. The quantitative estimate of drug-likeness (QED) is 0.783. The minimum atomic E-state index is -0.0136. The lowest BCUT2D eigenvalue weighted by atomic mass is 10.1. The third kappa shape index (κ3) is 5.91. The van der Waals surface area contributed by atoms with Crippen molar-refractivity contribution in [2.24, 2.45) is 0 Å². The summed E-state index contributed by atoms with van der Waals surface area (Å²) in [5.74, 6) is 0.737. The smallest absolute Gasteiger partial charge is 0.251 e. The molecule has 1 saturated heterocycles. The Morgan fingerprint density at radius 1 is 1.24 bits per heavy atom. The average Bonchev–Trinajstić information content (AvgIpc) is 2.49. The van der Waals surface area contributed by atoms with Crippen LogP contribution in [0.4, 0.5) is 0 Å². The molecule has 1 aliphatic rings. The molecule has 0 unspecified atom stereocenters. The van der Waals surface area contributed by atoms with Crippen LogP contribution in [-0.4, -0.2) is 45.4 Å². The van der Waals surface area contributed by atoms with E-state index in [-0.39, 0.29) is 24.4 Å². The van der Waals surface area contributed by atoms with Crippen LogP contribution in [0.2, 0.25) is 0 Å². The van der Waals surface area contributed by atoms with Gasteiger partial charge in [-0.25, -0.2) is 0 Å². The van der Waals surface area contributed by atoms with Crippen molar-refractivity contribution in [3.05, 3.63) is 29.8 Å². The zero-order chi connectivity index (χ0) is 14.2. The number of nitrogens with one attached hydrogen (secondary N) is 2. The van der Waals surface area contributed by atoms with Gasteiger partial charge in [0.05, 0.1) is 6.61 Å². The van der Waals surface area contributed by atoms with E-state index in [2.05, 4.69) is 10.6 Å². The number of hydrogen-bond donors (Lipinski definition) is 2. The molecule has 1 aromatic rings. The zero-order valence-electron chi connectivity index (χ0n) is 12.3. The Balaban J connectivity index is 0.00000220. The van der Waals surface area contributed by atoms with E-state index >= 15 is 0 Å². The lowest BCUT2D eigenvalue weighted by molar-refractivity contribution is 0.0929. The van der Waals surface area contributed by atoms with Crippen LogP contribution >= 0.6 is 12.4 Å². The highest BCUT2D eigenvalue weighted by atomic mass is 35.5. The standard InChI is InChI=1S/C15H22N2O3.ClH/c1-19-10-11-20-14-4-2-12(3-5-14)15(18)17-13-6-8-16-9-7-13;/h2-5,13,16H,6-11H2,1H3,(H,17,18);1H. The van der Waals surface area contributed by atoms with Crippen molar-refractivity contribution >= 4 is 18.3 Å². The van der Waals surface area contributed by atoms with Crippen LogP contribution in [0.3, 0.4) is 0 Å². The normalized spacial score (nSPS) is 15.1. The van der Waals surface area contributed by atoms with Gasteiger partial charge in [-0.3, -0.25) is 4.79 Å². The second-order valence-corrected chi connectivity index (χ2v) is 4.86. The molecule has 0 spiro atoms. The summed E-state index contributed by atoms with van der Waals surface area (Å²) in [7, 11) is 1.64. The molecule has 5 nitrogen and oxygen atoms in total. The molecule has 0 bridgehead atoms. The van der Waals surface area contributed by atoms with Gasteiger partial charge in [0.1, 0.15) is 12.4 Å². The Morgan fingerprint density at radius 3 is 2.52 bits per heavy atom. The lowest BCUT2D eigenvalue weighted by Gasteiger charge is -2.23. The molecule has 1 fully saturated rings. The fourth-order valence-electron chi connectivity index (χ4n) is 2.18. The summed E-state index contributed by atoms with van der Waals surface area (Å²) < 4.78 is 10.4. The molecule has 0 aromatic heterocycles. The van der Waals surface area contributed by atoms with Gasteiger partial charge in [0.2, 0.25) is 0 Å². The minimum absolute atomic E-state index is 0. The summed E-state index contributed by atoms with van der Waals surface area (Å²) in [6.45, 7) is 3.00. The van der Waals surface area contributed by atoms with E-state index in [9.17, 15) is 4.79 Å². The third-order valence-corrected chi connectivity index (χ3v) is 3.35. The zero-order valence-corrected chi connectivity index (χ0v) is 13.1. The number of methoxy groups -OCH3 is 1. The van der Waals surface area contributed by atoms with E-state index in [4.69, 9.17) is 9.47 Å². The summed E-state index contributed by atoms with van der Waals surface area (Å²) in [4.78, 5) is 12.1. The SMILES string of the molecule is COCCOc1ccc(C(=O)NC2CCNCC2)cc1.Cl.